The minimum atomic E-state index is -0.216. The number of halogens is 1. The van der Waals surface area contributed by atoms with Gasteiger partial charge in [-0.1, -0.05) is 6.42 Å². The maximum Gasteiger partial charge on any atom is 0.125 e. The summed E-state index contributed by atoms with van der Waals surface area (Å²) in [5, 5.41) is 1.09. The maximum atomic E-state index is 13.1. The molecular formula is C13H15FN2S. The van der Waals surface area contributed by atoms with Crippen molar-refractivity contribution in [2.75, 3.05) is 6.54 Å². The lowest BCUT2D eigenvalue weighted by Gasteiger charge is -2.40. The highest BCUT2D eigenvalue weighted by Crippen LogP contribution is 2.43. The number of nitrogens with zero attached hydrogens (tertiary/aromatic N) is 1. The number of aromatic nitrogens is 1. The predicted octanol–water partition coefficient (Wildman–Crippen LogP) is 3.11. The Morgan fingerprint density at radius 1 is 1.41 bits per heavy atom. The van der Waals surface area contributed by atoms with Crippen LogP contribution >= 0.6 is 11.3 Å². The van der Waals surface area contributed by atoms with E-state index in [1.165, 1.54) is 31.4 Å². The number of rotatable bonds is 3. The second kappa shape index (κ2) is 4.03. The van der Waals surface area contributed by atoms with Crippen LogP contribution in [0.1, 0.15) is 24.3 Å². The van der Waals surface area contributed by atoms with Gasteiger partial charge in [0.15, 0.2) is 0 Å². The Hall–Kier alpha value is -1.00. The van der Waals surface area contributed by atoms with Gasteiger partial charge in [0.25, 0.3) is 0 Å². The molecule has 0 bridgehead atoms. The molecule has 17 heavy (non-hydrogen) atoms. The van der Waals surface area contributed by atoms with Gasteiger partial charge in [0, 0.05) is 12.5 Å². The number of nitrogens with two attached hydrogens (primary N) is 1. The van der Waals surface area contributed by atoms with Crippen LogP contribution in [-0.2, 0) is 6.42 Å². The first-order chi connectivity index (χ1) is 8.21. The quantitative estimate of drug-likeness (QED) is 0.909. The molecule has 1 aromatic carbocycles. The SMILES string of the molecule is NCC1(Cc2nc3cc(F)ccc3s2)CCC1. The van der Waals surface area contributed by atoms with Gasteiger partial charge in [-0.25, -0.2) is 9.37 Å². The highest BCUT2D eigenvalue weighted by atomic mass is 32.1. The van der Waals surface area contributed by atoms with Crippen molar-refractivity contribution < 1.29 is 4.39 Å². The van der Waals surface area contributed by atoms with Crippen LogP contribution < -0.4 is 5.73 Å². The van der Waals surface area contributed by atoms with E-state index in [-0.39, 0.29) is 11.2 Å². The molecule has 0 atom stereocenters. The normalized spacial score (nSPS) is 18.2. The Labute approximate surface area is 104 Å². The Bertz CT molecular complexity index is 540. The average molecular weight is 250 g/mol. The van der Waals surface area contributed by atoms with E-state index in [2.05, 4.69) is 4.98 Å². The van der Waals surface area contributed by atoms with Gasteiger partial charge < -0.3 is 5.73 Å². The van der Waals surface area contributed by atoms with Crippen LogP contribution in [-0.4, -0.2) is 11.5 Å². The summed E-state index contributed by atoms with van der Waals surface area (Å²) < 4.78 is 14.1. The first-order valence-corrected chi connectivity index (χ1v) is 6.77. The molecule has 1 fully saturated rings. The summed E-state index contributed by atoms with van der Waals surface area (Å²) in [6, 6.07) is 4.80. The fourth-order valence-electron chi connectivity index (χ4n) is 2.47. The van der Waals surface area contributed by atoms with Gasteiger partial charge >= 0.3 is 0 Å². The molecular weight excluding hydrogens is 235 g/mol. The maximum absolute atomic E-state index is 13.1. The van der Waals surface area contributed by atoms with Gasteiger partial charge in [-0.05, 0) is 36.9 Å². The van der Waals surface area contributed by atoms with Crippen LogP contribution in [0.3, 0.4) is 0 Å². The van der Waals surface area contributed by atoms with Crippen molar-refractivity contribution in [1.82, 2.24) is 4.98 Å². The smallest absolute Gasteiger partial charge is 0.125 e. The Kier molecular flexibility index (Phi) is 2.64. The highest BCUT2D eigenvalue weighted by molar-refractivity contribution is 7.18. The summed E-state index contributed by atoms with van der Waals surface area (Å²) in [7, 11) is 0. The number of fused-ring (bicyclic) bond motifs is 1. The van der Waals surface area contributed by atoms with Gasteiger partial charge in [-0.2, -0.15) is 0 Å². The fourth-order valence-corrected chi connectivity index (χ4v) is 3.60. The van der Waals surface area contributed by atoms with Gasteiger partial charge in [0.2, 0.25) is 0 Å². The third kappa shape index (κ3) is 1.96. The third-order valence-electron chi connectivity index (χ3n) is 3.77. The lowest BCUT2D eigenvalue weighted by atomic mass is 9.67. The molecule has 1 heterocycles. The summed E-state index contributed by atoms with van der Waals surface area (Å²) in [6.45, 7) is 0.733. The van der Waals surface area contributed by atoms with E-state index in [0.29, 0.717) is 0 Å². The molecule has 0 radical (unpaired) electrons. The molecule has 0 amide bonds. The van der Waals surface area contributed by atoms with Gasteiger partial charge in [0.05, 0.1) is 15.2 Å². The van der Waals surface area contributed by atoms with Crippen molar-refractivity contribution in [3.05, 3.63) is 29.0 Å². The minimum absolute atomic E-state index is 0.216. The zero-order chi connectivity index (χ0) is 11.9. The van der Waals surface area contributed by atoms with Crippen molar-refractivity contribution in [1.29, 1.82) is 0 Å². The molecule has 1 aliphatic carbocycles. The molecule has 0 aliphatic heterocycles. The molecule has 2 N–H and O–H groups in total. The second-order valence-electron chi connectivity index (χ2n) is 4.95. The molecule has 1 saturated carbocycles. The third-order valence-corrected chi connectivity index (χ3v) is 4.80. The molecule has 1 aliphatic rings. The fraction of sp³-hybridized carbons (Fsp3) is 0.462. The minimum Gasteiger partial charge on any atom is -0.330 e. The van der Waals surface area contributed by atoms with E-state index in [1.54, 1.807) is 11.3 Å². The van der Waals surface area contributed by atoms with E-state index < -0.39 is 0 Å². The molecule has 1 aromatic heterocycles. The predicted molar refractivity (Wildman–Crippen MR) is 68.6 cm³/mol. The standard InChI is InChI=1S/C13H15FN2S/c14-9-2-3-11-10(6-9)16-12(17-11)7-13(8-15)4-1-5-13/h2-3,6H,1,4-5,7-8,15H2. The molecule has 90 valence electrons. The summed E-state index contributed by atoms with van der Waals surface area (Å²) in [4.78, 5) is 4.51. The van der Waals surface area contributed by atoms with E-state index >= 15 is 0 Å². The van der Waals surface area contributed by atoms with Crippen molar-refractivity contribution in [3.63, 3.8) is 0 Å². The van der Waals surface area contributed by atoms with E-state index in [4.69, 9.17) is 5.73 Å². The monoisotopic (exact) mass is 250 g/mol. The van der Waals surface area contributed by atoms with Gasteiger partial charge in [0.1, 0.15) is 5.82 Å². The van der Waals surface area contributed by atoms with Crippen LogP contribution in [0.25, 0.3) is 10.2 Å². The van der Waals surface area contributed by atoms with Crippen LogP contribution in [0.15, 0.2) is 18.2 Å². The molecule has 0 saturated heterocycles. The first-order valence-electron chi connectivity index (χ1n) is 5.96. The number of benzene rings is 1. The van der Waals surface area contributed by atoms with Gasteiger partial charge in [-0.3, -0.25) is 0 Å². The number of hydrogen-bond donors (Lipinski definition) is 1. The van der Waals surface area contributed by atoms with Crippen molar-refractivity contribution in [2.24, 2.45) is 11.1 Å². The summed E-state index contributed by atoms with van der Waals surface area (Å²) in [5.41, 5.74) is 6.90. The first kappa shape index (κ1) is 11.1. The molecule has 0 spiro atoms. The second-order valence-corrected chi connectivity index (χ2v) is 6.07. The van der Waals surface area contributed by atoms with E-state index in [1.807, 2.05) is 6.07 Å². The number of thiazole rings is 1. The molecule has 3 rings (SSSR count). The van der Waals surface area contributed by atoms with Gasteiger partial charge in [-0.15, -0.1) is 11.3 Å². The Balaban J connectivity index is 1.90. The summed E-state index contributed by atoms with van der Waals surface area (Å²) in [5.74, 6) is -0.216. The average Bonchev–Trinajstić information content (AvgIpc) is 2.65. The molecule has 4 heteroatoms. The zero-order valence-corrected chi connectivity index (χ0v) is 10.4. The van der Waals surface area contributed by atoms with Crippen LogP contribution in [0.2, 0.25) is 0 Å². The molecule has 2 aromatic rings. The van der Waals surface area contributed by atoms with Crippen LogP contribution in [0.4, 0.5) is 4.39 Å². The number of hydrogen-bond acceptors (Lipinski definition) is 3. The van der Waals surface area contributed by atoms with Crippen LogP contribution in [0.5, 0.6) is 0 Å². The molecule has 2 nitrogen and oxygen atoms in total. The molecule has 0 unspecified atom stereocenters. The lowest BCUT2D eigenvalue weighted by Crippen LogP contribution is -2.39. The van der Waals surface area contributed by atoms with E-state index in [9.17, 15) is 4.39 Å². The zero-order valence-electron chi connectivity index (χ0n) is 9.58. The van der Waals surface area contributed by atoms with Crippen molar-refractivity contribution in [3.8, 4) is 0 Å². The topological polar surface area (TPSA) is 38.9 Å². The van der Waals surface area contributed by atoms with Crippen LogP contribution in [0, 0.1) is 11.2 Å². The Morgan fingerprint density at radius 2 is 2.24 bits per heavy atom. The summed E-state index contributed by atoms with van der Waals surface area (Å²) in [6.07, 6.45) is 4.63. The largest absolute Gasteiger partial charge is 0.330 e. The van der Waals surface area contributed by atoms with Crippen molar-refractivity contribution in [2.45, 2.75) is 25.7 Å². The lowest BCUT2D eigenvalue weighted by molar-refractivity contribution is 0.145. The van der Waals surface area contributed by atoms with Crippen molar-refractivity contribution >= 4 is 21.6 Å². The van der Waals surface area contributed by atoms with E-state index in [0.717, 1.165) is 28.2 Å². The Morgan fingerprint density at radius 3 is 2.88 bits per heavy atom. The highest BCUT2D eigenvalue weighted by Gasteiger charge is 2.36. The summed E-state index contributed by atoms with van der Waals surface area (Å²) >= 11 is 1.66.